The third-order valence-corrected chi connectivity index (χ3v) is 3.06. The molecule has 0 aliphatic carbocycles. The van der Waals surface area contributed by atoms with E-state index in [1.165, 1.54) is 6.92 Å². The van der Waals surface area contributed by atoms with E-state index in [0.29, 0.717) is 0 Å². The first-order chi connectivity index (χ1) is 8.22. The summed E-state index contributed by atoms with van der Waals surface area (Å²) in [5.41, 5.74) is 0. The molecule has 0 aromatic rings. The summed E-state index contributed by atoms with van der Waals surface area (Å²) in [6.45, 7) is 4.70. The molecule has 0 aliphatic heterocycles. The largest absolute Gasteiger partial charge is 0.480 e. The Kier molecular flexibility index (Phi) is 7.18. The zero-order valence-corrected chi connectivity index (χ0v) is 11.4. The van der Waals surface area contributed by atoms with Crippen LogP contribution in [0, 0.1) is 0 Å². The van der Waals surface area contributed by atoms with Gasteiger partial charge in [-0.15, -0.1) is 0 Å². The lowest BCUT2D eigenvalue weighted by Crippen LogP contribution is -2.44. The second kappa shape index (κ2) is 7.80. The first-order valence-corrected chi connectivity index (χ1v) is 6.85. The van der Waals surface area contributed by atoms with E-state index in [0.717, 1.165) is 0 Å². The van der Waals surface area contributed by atoms with Crippen molar-refractivity contribution in [3.8, 4) is 0 Å². The molecule has 0 aliphatic rings. The number of hydrogen-bond acceptors (Lipinski definition) is 4. The molecule has 18 heavy (non-hydrogen) atoms. The lowest BCUT2D eigenvalue weighted by Gasteiger charge is -2.13. The van der Waals surface area contributed by atoms with Crippen LogP contribution in [-0.4, -0.2) is 50.7 Å². The van der Waals surface area contributed by atoms with Crippen LogP contribution < -0.4 is 10.6 Å². The summed E-state index contributed by atoms with van der Waals surface area (Å²) in [6, 6.07) is -1.31. The zero-order valence-electron chi connectivity index (χ0n) is 10.6. The molecule has 0 saturated heterocycles. The van der Waals surface area contributed by atoms with Crippen molar-refractivity contribution in [1.82, 2.24) is 10.6 Å². The van der Waals surface area contributed by atoms with Crippen LogP contribution in [0.3, 0.4) is 0 Å². The first kappa shape index (κ1) is 16.6. The monoisotopic (exact) mass is 278 g/mol. The van der Waals surface area contributed by atoms with Gasteiger partial charge in [-0.3, -0.25) is 13.8 Å². The van der Waals surface area contributed by atoms with Crippen molar-refractivity contribution in [3.05, 3.63) is 0 Å². The summed E-state index contributed by atoms with van der Waals surface area (Å²) in [5.74, 6) is -2.77. The average Bonchev–Trinajstić information content (AvgIpc) is 2.13. The van der Waals surface area contributed by atoms with Crippen LogP contribution in [-0.2, 0) is 25.2 Å². The van der Waals surface area contributed by atoms with Crippen molar-refractivity contribution < 1.29 is 23.7 Å². The van der Waals surface area contributed by atoms with E-state index in [9.17, 15) is 18.6 Å². The van der Waals surface area contributed by atoms with Crippen molar-refractivity contribution >= 4 is 28.6 Å². The summed E-state index contributed by atoms with van der Waals surface area (Å²) in [6.07, 6.45) is 0. The minimum Gasteiger partial charge on any atom is -0.480 e. The summed E-state index contributed by atoms with van der Waals surface area (Å²) in [4.78, 5) is 32.8. The molecule has 0 aromatic heterocycles. The molecule has 0 bridgehead atoms. The maximum Gasteiger partial charge on any atom is 0.327 e. The van der Waals surface area contributed by atoms with E-state index >= 15 is 0 Å². The number of nitrogens with one attached hydrogen (secondary N) is 2. The van der Waals surface area contributed by atoms with Crippen LogP contribution >= 0.6 is 0 Å². The number of aliphatic carboxylic acids is 1. The van der Waals surface area contributed by atoms with Crippen molar-refractivity contribution in [2.45, 2.75) is 32.9 Å². The van der Waals surface area contributed by atoms with Crippen molar-refractivity contribution in [2.75, 3.05) is 11.5 Å². The Labute approximate surface area is 108 Å². The van der Waals surface area contributed by atoms with Crippen molar-refractivity contribution in [1.29, 1.82) is 0 Å². The molecule has 2 atom stereocenters. The summed E-state index contributed by atoms with van der Waals surface area (Å²) in [5, 5.41) is 13.5. The van der Waals surface area contributed by atoms with Crippen LogP contribution in [0.5, 0.6) is 0 Å². The average molecular weight is 278 g/mol. The minimum absolute atomic E-state index is 0.0693. The quantitative estimate of drug-likeness (QED) is 0.544. The molecule has 0 aromatic carbocycles. The van der Waals surface area contributed by atoms with Crippen LogP contribution in [0.1, 0.15) is 20.8 Å². The molecule has 0 radical (unpaired) electrons. The van der Waals surface area contributed by atoms with Gasteiger partial charge in [-0.2, -0.15) is 0 Å². The predicted molar refractivity (Wildman–Crippen MR) is 66.4 cm³/mol. The first-order valence-electron chi connectivity index (χ1n) is 5.36. The second-order valence-electron chi connectivity index (χ2n) is 4.06. The van der Waals surface area contributed by atoms with Crippen LogP contribution in [0.25, 0.3) is 0 Å². The second-order valence-corrected chi connectivity index (χ2v) is 5.57. The number of rotatable bonds is 7. The molecular weight excluding hydrogens is 260 g/mol. The van der Waals surface area contributed by atoms with E-state index < -0.39 is 34.6 Å². The standard InChI is InChI=1S/C10H18N2O5S/c1-6(2)11-9(14)5-18(17)4-8(10(15)16)12-7(3)13/h6,8H,4-5H2,1-3H3,(H,11,14)(H,12,13)(H,15,16). The molecule has 2 unspecified atom stereocenters. The Morgan fingerprint density at radius 1 is 1.22 bits per heavy atom. The Morgan fingerprint density at radius 2 is 1.78 bits per heavy atom. The SMILES string of the molecule is CC(=O)NC(CS(=O)CC(=O)NC(C)C)C(=O)O. The molecular formula is C10H18N2O5S. The molecule has 0 heterocycles. The molecule has 0 spiro atoms. The molecule has 7 nitrogen and oxygen atoms in total. The topological polar surface area (TPSA) is 113 Å². The Bertz CT molecular complexity index is 356. The molecule has 8 heteroatoms. The fourth-order valence-electron chi connectivity index (χ4n) is 1.17. The van der Waals surface area contributed by atoms with Gasteiger partial charge in [0.25, 0.3) is 0 Å². The Hall–Kier alpha value is -1.44. The molecule has 2 amide bonds. The van der Waals surface area contributed by atoms with E-state index in [1.54, 1.807) is 13.8 Å². The third kappa shape index (κ3) is 7.77. The van der Waals surface area contributed by atoms with Crippen molar-refractivity contribution in [2.24, 2.45) is 0 Å². The van der Waals surface area contributed by atoms with Gasteiger partial charge in [-0.1, -0.05) is 0 Å². The van der Waals surface area contributed by atoms with Gasteiger partial charge in [0.2, 0.25) is 11.8 Å². The Morgan fingerprint density at radius 3 is 2.17 bits per heavy atom. The third-order valence-electron chi connectivity index (χ3n) is 1.77. The summed E-state index contributed by atoms with van der Waals surface area (Å²) in [7, 11) is -1.64. The normalized spacial score (nSPS) is 13.8. The van der Waals surface area contributed by atoms with Gasteiger partial charge in [0.15, 0.2) is 0 Å². The summed E-state index contributed by atoms with van der Waals surface area (Å²) < 4.78 is 11.6. The van der Waals surface area contributed by atoms with Crippen LogP contribution in [0.2, 0.25) is 0 Å². The fourth-order valence-corrected chi connectivity index (χ4v) is 2.27. The highest BCUT2D eigenvalue weighted by atomic mass is 32.2. The van der Waals surface area contributed by atoms with Gasteiger partial charge in [-0.25, -0.2) is 4.79 Å². The molecule has 0 saturated carbocycles. The van der Waals surface area contributed by atoms with Crippen molar-refractivity contribution in [3.63, 3.8) is 0 Å². The number of carbonyl (C=O) groups is 3. The predicted octanol–water partition coefficient (Wildman–Crippen LogP) is -1.15. The number of carbonyl (C=O) groups excluding carboxylic acids is 2. The van der Waals surface area contributed by atoms with Crippen LogP contribution in [0.4, 0.5) is 0 Å². The van der Waals surface area contributed by atoms with Gasteiger partial charge >= 0.3 is 5.97 Å². The minimum atomic E-state index is -1.64. The fraction of sp³-hybridized carbons (Fsp3) is 0.700. The number of amides is 2. The molecule has 3 N–H and O–H groups in total. The smallest absolute Gasteiger partial charge is 0.327 e. The molecule has 0 rings (SSSR count). The highest BCUT2D eigenvalue weighted by molar-refractivity contribution is 7.85. The van der Waals surface area contributed by atoms with Gasteiger partial charge in [0, 0.05) is 23.8 Å². The van der Waals surface area contributed by atoms with E-state index in [-0.39, 0.29) is 17.5 Å². The maximum absolute atomic E-state index is 11.6. The number of carboxylic acids is 1. The van der Waals surface area contributed by atoms with E-state index in [4.69, 9.17) is 5.11 Å². The lowest BCUT2D eigenvalue weighted by molar-refractivity contribution is -0.140. The van der Waals surface area contributed by atoms with E-state index in [1.807, 2.05) is 0 Å². The molecule has 104 valence electrons. The van der Waals surface area contributed by atoms with Gasteiger partial charge in [0.1, 0.15) is 11.8 Å². The number of hydrogen-bond donors (Lipinski definition) is 3. The maximum atomic E-state index is 11.6. The Balaban J connectivity index is 4.30. The lowest BCUT2D eigenvalue weighted by atomic mass is 10.3. The highest BCUT2D eigenvalue weighted by Gasteiger charge is 2.22. The van der Waals surface area contributed by atoms with Gasteiger partial charge < -0.3 is 15.7 Å². The summed E-state index contributed by atoms with van der Waals surface area (Å²) >= 11 is 0. The molecule has 0 fully saturated rings. The number of carboxylic acid groups (broad SMARTS) is 1. The van der Waals surface area contributed by atoms with Gasteiger partial charge in [-0.05, 0) is 13.8 Å². The highest BCUT2D eigenvalue weighted by Crippen LogP contribution is 1.92. The van der Waals surface area contributed by atoms with Crippen LogP contribution in [0.15, 0.2) is 0 Å². The zero-order chi connectivity index (χ0) is 14.3. The van der Waals surface area contributed by atoms with E-state index in [2.05, 4.69) is 10.6 Å². The van der Waals surface area contributed by atoms with Gasteiger partial charge in [0.05, 0.1) is 5.75 Å².